The smallest absolute Gasteiger partial charge is 0.264 e. The van der Waals surface area contributed by atoms with E-state index in [-0.39, 0.29) is 23.4 Å². The Balaban J connectivity index is 1.98. The maximum absolute atomic E-state index is 13.4. The number of likely N-dealkylation sites (N-methyl/N-ethyl adjacent to an activating group) is 1. The third-order valence-corrected chi connectivity index (χ3v) is 7.29. The minimum absolute atomic E-state index is 0.169. The van der Waals surface area contributed by atoms with Crippen molar-refractivity contribution in [2.45, 2.75) is 50.0 Å². The molecule has 1 aliphatic rings. The van der Waals surface area contributed by atoms with Crippen LogP contribution in [0.5, 0.6) is 0 Å². The molecule has 1 saturated carbocycles. The number of nitrogens with zero attached hydrogens (tertiary/aromatic N) is 2. The fourth-order valence-electron chi connectivity index (χ4n) is 3.80. The van der Waals surface area contributed by atoms with Crippen molar-refractivity contribution in [1.82, 2.24) is 4.90 Å². The summed E-state index contributed by atoms with van der Waals surface area (Å²) in [6.45, 7) is 1.79. The number of sulfonamides is 1. The van der Waals surface area contributed by atoms with Gasteiger partial charge in [-0.2, -0.15) is 0 Å². The third kappa shape index (κ3) is 4.22. The lowest BCUT2D eigenvalue weighted by atomic mass is 10.1. The largest absolute Gasteiger partial charge is 0.341 e. The van der Waals surface area contributed by atoms with Gasteiger partial charge in [-0.05, 0) is 43.0 Å². The van der Waals surface area contributed by atoms with Crippen LogP contribution < -0.4 is 4.31 Å². The molecule has 1 aliphatic carbocycles. The standard InChI is InChI=1S/C22H28N2O3S/c1-3-18-11-7-10-16-21(18)24(28(26,27)20-14-5-4-6-15-20)17-22(25)23(2)19-12-8-9-13-19/h4-7,10-11,14-16,19H,3,8-9,12-13,17H2,1-2H3. The Morgan fingerprint density at radius 3 is 2.25 bits per heavy atom. The Hall–Kier alpha value is -2.34. The summed E-state index contributed by atoms with van der Waals surface area (Å²) < 4.78 is 28.1. The van der Waals surface area contributed by atoms with Crippen molar-refractivity contribution >= 4 is 21.6 Å². The first-order valence-electron chi connectivity index (χ1n) is 9.86. The van der Waals surface area contributed by atoms with Gasteiger partial charge in [0.1, 0.15) is 6.54 Å². The maximum Gasteiger partial charge on any atom is 0.264 e. The number of carbonyl (C=O) groups is 1. The van der Waals surface area contributed by atoms with E-state index in [1.54, 1.807) is 48.3 Å². The van der Waals surface area contributed by atoms with Crippen LogP contribution in [0.15, 0.2) is 59.5 Å². The Morgan fingerprint density at radius 1 is 1.00 bits per heavy atom. The molecule has 6 heteroatoms. The summed E-state index contributed by atoms with van der Waals surface area (Å²) in [4.78, 5) is 14.9. The number of anilines is 1. The molecule has 0 aliphatic heterocycles. The SMILES string of the molecule is CCc1ccccc1N(CC(=O)N(C)C1CCCC1)S(=O)(=O)c1ccccc1. The van der Waals surface area contributed by atoms with Gasteiger partial charge in [0.15, 0.2) is 0 Å². The summed E-state index contributed by atoms with van der Waals surface area (Å²) in [5, 5.41) is 0. The predicted octanol–water partition coefficient (Wildman–Crippen LogP) is 3.85. The molecule has 1 fully saturated rings. The number of amides is 1. The van der Waals surface area contributed by atoms with Gasteiger partial charge in [0, 0.05) is 13.1 Å². The van der Waals surface area contributed by atoms with Crippen LogP contribution in [-0.4, -0.2) is 38.9 Å². The molecule has 0 saturated heterocycles. The van der Waals surface area contributed by atoms with Gasteiger partial charge >= 0.3 is 0 Å². The van der Waals surface area contributed by atoms with E-state index < -0.39 is 10.0 Å². The second-order valence-electron chi connectivity index (χ2n) is 7.25. The number of para-hydroxylation sites is 1. The first kappa shape index (κ1) is 20.4. The Labute approximate surface area is 168 Å². The fourth-order valence-corrected chi connectivity index (χ4v) is 5.28. The fraction of sp³-hybridized carbons (Fsp3) is 0.409. The average Bonchev–Trinajstić information content (AvgIpc) is 3.26. The first-order chi connectivity index (χ1) is 13.4. The summed E-state index contributed by atoms with van der Waals surface area (Å²) in [6, 6.07) is 15.9. The number of carbonyl (C=O) groups excluding carboxylic acids is 1. The van der Waals surface area contributed by atoms with Crippen LogP contribution in [0.25, 0.3) is 0 Å². The van der Waals surface area contributed by atoms with Gasteiger partial charge in [-0.15, -0.1) is 0 Å². The monoisotopic (exact) mass is 400 g/mol. The van der Waals surface area contributed by atoms with Gasteiger partial charge in [0.25, 0.3) is 10.0 Å². The molecule has 1 amide bonds. The van der Waals surface area contributed by atoms with E-state index in [0.717, 1.165) is 31.2 Å². The number of rotatable bonds is 7. The van der Waals surface area contributed by atoms with Crippen LogP contribution in [0.2, 0.25) is 0 Å². The van der Waals surface area contributed by atoms with Crippen molar-refractivity contribution in [3.8, 4) is 0 Å². The molecule has 2 aromatic carbocycles. The molecule has 0 N–H and O–H groups in total. The van der Waals surface area contributed by atoms with E-state index in [4.69, 9.17) is 0 Å². The molecule has 0 radical (unpaired) electrons. The van der Waals surface area contributed by atoms with Crippen molar-refractivity contribution in [3.63, 3.8) is 0 Å². The molecule has 28 heavy (non-hydrogen) atoms. The second-order valence-corrected chi connectivity index (χ2v) is 9.11. The van der Waals surface area contributed by atoms with Crippen molar-refractivity contribution in [2.24, 2.45) is 0 Å². The minimum atomic E-state index is -3.85. The number of aryl methyl sites for hydroxylation is 1. The molecule has 150 valence electrons. The van der Waals surface area contributed by atoms with Gasteiger partial charge < -0.3 is 4.90 Å². The lowest BCUT2D eigenvalue weighted by Gasteiger charge is -2.30. The van der Waals surface area contributed by atoms with Gasteiger partial charge in [-0.1, -0.05) is 56.2 Å². The molecule has 0 heterocycles. The quantitative estimate of drug-likeness (QED) is 0.709. The first-order valence-corrected chi connectivity index (χ1v) is 11.3. The molecule has 0 bridgehead atoms. The summed E-state index contributed by atoms with van der Waals surface area (Å²) in [5.41, 5.74) is 1.47. The predicted molar refractivity (Wildman–Crippen MR) is 112 cm³/mol. The van der Waals surface area contributed by atoms with Crippen LogP contribution in [0.4, 0.5) is 5.69 Å². The zero-order chi connectivity index (χ0) is 20.1. The van der Waals surface area contributed by atoms with E-state index in [9.17, 15) is 13.2 Å². The molecule has 0 aromatic heterocycles. The number of hydrogen-bond donors (Lipinski definition) is 0. The summed E-state index contributed by atoms with van der Waals surface area (Å²) >= 11 is 0. The van der Waals surface area contributed by atoms with E-state index in [1.165, 1.54) is 4.31 Å². The minimum Gasteiger partial charge on any atom is -0.341 e. The number of benzene rings is 2. The lowest BCUT2D eigenvalue weighted by Crippen LogP contribution is -2.45. The Morgan fingerprint density at radius 2 is 1.61 bits per heavy atom. The van der Waals surface area contributed by atoms with Gasteiger partial charge in [0.2, 0.25) is 5.91 Å². The summed E-state index contributed by atoms with van der Waals surface area (Å²) in [7, 11) is -2.06. The summed E-state index contributed by atoms with van der Waals surface area (Å²) in [5.74, 6) is -0.169. The normalized spacial score (nSPS) is 14.8. The maximum atomic E-state index is 13.4. The molecular weight excluding hydrogens is 372 g/mol. The van der Waals surface area contributed by atoms with Crippen LogP contribution in [0.3, 0.4) is 0 Å². The average molecular weight is 401 g/mol. The van der Waals surface area contributed by atoms with Crippen LogP contribution in [0, 0.1) is 0 Å². The van der Waals surface area contributed by atoms with Crippen molar-refractivity contribution in [2.75, 3.05) is 17.9 Å². The Kier molecular flexibility index (Phi) is 6.39. The lowest BCUT2D eigenvalue weighted by molar-refractivity contribution is -0.130. The highest BCUT2D eigenvalue weighted by atomic mass is 32.2. The van der Waals surface area contributed by atoms with E-state index in [1.807, 2.05) is 25.1 Å². The molecule has 0 unspecified atom stereocenters. The molecular formula is C22H28N2O3S. The van der Waals surface area contributed by atoms with E-state index in [2.05, 4.69) is 0 Å². The van der Waals surface area contributed by atoms with Crippen LogP contribution in [-0.2, 0) is 21.2 Å². The van der Waals surface area contributed by atoms with Gasteiger partial charge in [-0.3, -0.25) is 9.10 Å². The molecule has 3 rings (SSSR count). The highest BCUT2D eigenvalue weighted by Gasteiger charge is 2.31. The van der Waals surface area contributed by atoms with Gasteiger partial charge in [0.05, 0.1) is 10.6 Å². The molecule has 0 spiro atoms. The number of hydrogen-bond acceptors (Lipinski definition) is 3. The van der Waals surface area contributed by atoms with Crippen molar-refractivity contribution in [1.29, 1.82) is 0 Å². The van der Waals surface area contributed by atoms with Crippen LogP contribution in [0.1, 0.15) is 38.2 Å². The topological polar surface area (TPSA) is 57.7 Å². The zero-order valence-corrected chi connectivity index (χ0v) is 17.4. The van der Waals surface area contributed by atoms with Crippen LogP contribution >= 0.6 is 0 Å². The second kappa shape index (κ2) is 8.78. The summed E-state index contributed by atoms with van der Waals surface area (Å²) in [6.07, 6.45) is 4.89. The van der Waals surface area contributed by atoms with E-state index >= 15 is 0 Å². The molecule has 5 nitrogen and oxygen atoms in total. The van der Waals surface area contributed by atoms with E-state index in [0.29, 0.717) is 12.1 Å². The highest BCUT2D eigenvalue weighted by Crippen LogP contribution is 2.28. The molecule has 0 atom stereocenters. The molecule has 2 aromatic rings. The van der Waals surface area contributed by atoms with Crippen molar-refractivity contribution in [3.05, 3.63) is 60.2 Å². The zero-order valence-electron chi connectivity index (χ0n) is 16.5. The highest BCUT2D eigenvalue weighted by molar-refractivity contribution is 7.92. The third-order valence-electron chi connectivity index (χ3n) is 5.52. The van der Waals surface area contributed by atoms with Gasteiger partial charge in [-0.25, -0.2) is 8.42 Å². The van der Waals surface area contributed by atoms with Crippen molar-refractivity contribution < 1.29 is 13.2 Å². The Bertz CT molecular complexity index is 906.